The first kappa shape index (κ1) is 5.45. The number of hydrogen-bond donors (Lipinski definition) is 0. The second kappa shape index (κ2) is 2.05. The second-order valence-electron chi connectivity index (χ2n) is 1.54. The molecule has 0 unspecified atom stereocenters. The van der Waals surface area contributed by atoms with E-state index in [1.807, 2.05) is 0 Å². The zero-order valence-electron chi connectivity index (χ0n) is 3.69. The zero-order valence-corrected chi connectivity index (χ0v) is 5.26. The lowest BCUT2D eigenvalue weighted by Gasteiger charge is -2.19. The molecule has 1 rings (SSSR count). The number of halogens is 1. The van der Waals surface area contributed by atoms with E-state index in [1.54, 1.807) is 11.8 Å². The van der Waals surface area contributed by atoms with Gasteiger partial charge < -0.3 is 0 Å². The summed E-state index contributed by atoms with van der Waals surface area (Å²) in [6.07, 6.45) is 0. The van der Waals surface area contributed by atoms with Crippen LogP contribution >= 0.6 is 23.4 Å². The number of hydrogen-bond acceptors (Lipinski definition) is 2. The van der Waals surface area contributed by atoms with Crippen molar-refractivity contribution < 1.29 is 4.79 Å². The van der Waals surface area contributed by atoms with Gasteiger partial charge in [0.15, 0.2) is 0 Å². The first-order valence-electron chi connectivity index (χ1n) is 2.08. The minimum absolute atomic E-state index is 0.168. The fraction of sp³-hybridized carbons (Fsp3) is 0.750. The van der Waals surface area contributed by atoms with Crippen LogP contribution in [0.25, 0.3) is 0 Å². The molecule has 0 aromatic rings. The highest BCUT2D eigenvalue weighted by Crippen LogP contribution is 2.25. The van der Waals surface area contributed by atoms with Crippen LogP contribution in [0.3, 0.4) is 0 Å². The third kappa shape index (κ3) is 1.10. The van der Waals surface area contributed by atoms with Gasteiger partial charge >= 0.3 is 0 Å². The molecular weight excluding hydrogens is 132 g/mol. The van der Waals surface area contributed by atoms with Crippen LogP contribution < -0.4 is 0 Å². The predicted octanol–water partition coefficient (Wildman–Crippen LogP) is 1.11. The van der Waals surface area contributed by atoms with Gasteiger partial charge in [-0.1, -0.05) is 0 Å². The van der Waals surface area contributed by atoms with E-state index in [2.05, 4.69) is 0 Å². The van der Waals surface area contributed by atoms with Gasteiger partial charge in [-0.3, -0.25) is 4.79 Å². The van der Waals surface area contributed by atoms with Crippen LogP contribution in [0.1, 0.15) is 0 Å². The summed E-state index contributed by atoms with van der Waals surface area (Å²) in [5, 5.41) is -0.168. The lowest BCUT2D eigenvalue weighted by atomic mass is 10.2. The van der Waals surface area contributed by atoms with Gasteiger partial charge in [0.25, 0.3) is 0 Å². The molecule has 0 aromatic carbocycles. The number of thioether (sulfide) groups is 1. The highest BCUT2D eigenvalue weighted by Gasteiger charge is 2.23. The van der Waals surface area contributed by atoms with Gasteiger partial charge in [-0.2, -0.15) is 11.8 Å². The van der Waals surface area contributed by atoms with Gasteiger partial charge in [-0.25, -0.2) is 0 Å². The fourth-order valence-corrected chi connectivity index (χ4v) is 1.48. The van der Waals surface area contributed by atoms with Gasteiger partial charge in [0.1, 0.15) is 0 Å². The van der Waals surface area contributed by atoms with Crippen molar-refractivity contribution in [2.24, 2.45) is 5.92 Å². The molecule has 0 spiro atoms. The normalized spacial score (nSPS) is 21.3. The highest BCUT2D eigenvalue weighted by atomic mass is 35.5. The summed E-state index contributed by atoms with van der Waals surface area (Å²) in [5.41, 5.74) is 0. The van der Waals surface area contributed by atoms with E-state index < -0.39 is 0 Å². The standard InChI is InChI=1S/C4H5ClOS/c5-4(6)3-1-7-2-3/h3H,1-2H2. The second-order valence-corrected chi connectivity index (χ2v) is 2.99. The smallest absolute Gasteiger partial charge is 0.226 e. The van der Waals surface area contributed by atoms with E-state index in [-0.39, 0.29) is 11.2 Å². The van der Waals surface area contributed by atoms with Crippen molar-refractivity contribution in [2.75, 3.05) is 11.5 Å². The quantitative estimate of drug-likeness (QED) is 0.503. The van der Waals surface area contributed by atoms with Crippen LogP contribution in [0.2, 0.25) is 0 Å². The summed E-state index contributed by atoms with van der Waals surface area (Å²) < 4.78 is 0. The van der Waals surface area contributed by atoms with Gasteiger partial charge in [0.2, 0.25) is 5.24 Å². The molecule has 3 heteroatoms. The Hall–Kier alpha value is 0.310. The third-order valence-electron chi connectivity index (χ3n) is 0.959. The van der Waals surface area contributed by atoms with Crippen molar-refractivity contribution in [1.82, 2.24) is 0 Å². The Bertz CT molecular complexity index is 89.7. The van der Waals surface area contributed by atoms with E-state index in [0.717, 1.165) is 11.5 Å². The molecule has 1 nitrogen and oxygen atoms in total. The van der Waals surface area contributed by atoms with Gasteiger partial charge in [-0.05, 0) is 11.6 Å². The number of rotatable bonds is 1. The maximum atomic E-state index is 10.2. The SMILES string of the molecule is O=C(Cl)C1CSC1. The minimum atomic E-state index is -0.168. The summed E-state index contributed by atoms with van der Waals surface area (Å²) >= 11 is 6.90. The van der Waals surface area contributed by atoms with E-state index in [0.29, 0.717) is 0 Å². The number of carbonyl (C=O) groups excluding carboxylic acids is 1. The van der Waals surface area contributed by atoms with Crippen LogP contribution in [0.5, 0.6) is 0 Å². The Morgan fingerprint density at radius 2 is 2.29 bits per heavy atom. The van der Waals surface area contributed by atoms with Gasteiger partial charge in [-0.15, -0.1) is 0 Å². The molecule has 0 bridgehead atoms. The molecule has 1 fully saturated rings. The van der Waals surface area contributed by atoms with Crippen LogP contribution in [-0.4, -0.2) is 16.7 Å². The van der Waals surface area contributed by atoms with Gasteiger partial charge in [0.05, 0.1) is 5.92 Å². The lowest BCUT2D eigenvalue weighted by Crippen LogP contribution is -2.23. The molecule has 1 heterocycles. The molecule has 7 heavy (non-hydrogen) atoms. The molecular formula is C4H5ClOS. The Labute approximate surface area is 51.4 Å². The summed E-state index contributed by atoms with van der Waals surface area (Å²) in [5.74, 6) is 2.04. The maximum Gasteiger partial charge on any atom is 0.226 e. The molecule has 0 saturated carbocycles. The Morgan fingerprint density at radius 1 is 1.71 bits per heavy atom. The topological polar surface area (TPSA) is 17.1 Å². The van der Waals surface area contributed by atoms with Crippen LogP contribution in [0.4, 0.5) is 0 Å². The lowest BCUT2D eigenvalue weighted by molar-refractivity contribution is -0.114. The van der Waals surface area contributed by atoms with E-state index in [9.17, 15) is 4.79 Å². The molecule has 0 radical (unpaired) electrons. The van der Waals surface area contributed by atoms with Crippen LogP contribution in [0, 0.1) is 5.92 Å². The first-order chi connectivity index (χ1) is 3.30. The van der Waals surface area contributed by atoms with E-state index in [4.69, 9.17) is 11.6 Å². The fourth-order valence-electron chi connectivity index (χ4n) is 0.367. The maximum absolute atomic E-state index is 10.2. The predicted molar refractivity (Wildman–Crippen MR) is 31.7 cm³/mol. The molecule has 0 amide bonds. The minimum Gasteiger partial charge on any atom is -0.281 e. The summed E-state index contributed by atoms with van der Waals surface area (Å²) in [6.45, 7) is 0. The Morgan fingerprint density at radius 3 is 2.29 bits per heavy atom. The Kier molecular flexibility index (Phi) is 1.60. The summed E-state index contributed by atoms with van der Waals surface area (Å²) in [4.78, 5) is 10.2. The molecule has 1 aliphatic rings. The average Bonchev–Trinajstić information content (AvgIpc) is 1.23. The third-order valence-corrected chi connectivity index (χ3v) is 2.54. The monoisotopic (exact) mass is 136 g/mol. The van der Waals surface area contributed by atoms with Gasteiger partial charge in [0, 0.05) is 11.5 Å². The van der Waals surface area contributed by atoms with Crippen LogP contribution in [0.15, 0.2) is 0 Å². The molecule has 0 aromatic heterocycles. The number of carbonyl (C=O) groups is 1. The molecule has 40 valence electrons. The van der Waals surface area contributed by atoms with Crippen molar-refractivity contribution in [3.05, 3.63) is 0 Å². The van der Waals surface area contributed by atoms with Crippen molar-refractivity contribution in [2.45, 2.75) is 0 Å². The van der Waals surface area contributed by atoms with Crippen LogP contribution in [-0.2, 0) is 4.79 Å². The van der Waals surface area contributed by atoms with Crippen molar-refractivity contribution in [3.8, 4) is 0 Å². The summed E-state index contributed by atoms with van der Waals surface area (Å²) in [6, 6.07) is 0. The highest BCUT2D eigenvalue weighted by molar-refractivity contribution is 8.00. The molecule has 0 aliphatic carbocycles. The zero-order chi connectivity index (χ0) is 5.28. The van der Waals surface area contributed by atoms with E-state index in [1.165, 1.54) is 0 Å². The van der Waals surface area contributed by atoms with Crippen molar-refractivity contribution >= 4 is 28.6 Å². The van der Waals surface area contributed by atoms with Crippen molar-refractivity contribution in [3.63, 3.8) is 0 Å². The molecule has 0 atom stereocenters. The van der Waals surface area contributed by atoms with E-state index >= 15 is 0 Å². The first-order valence-corrected chi connectivity index (χ1v) is 3.61. The summed E-state index contributed by atoms with van der Waals surface area (Å²) in [7, 11) is 0. The van der Waals surface area contributed by atoms with Crippen molar-refractivity contribution in [1.29, 1.82) is 0 Å². The molecule has 1 aliphatic heterocycles. The average molecular weight is 137 g/mol. The largest absolute Gasteiger partial charge is 0.281 e. The Balaban J connectivity index is 2.27. The molecule has 1 saturated heterocycles. The molecule has 0 N–H and O–H groups in total.